The Balaban J connectivity index is 1.90. The van der Waals surface area contributed by atoms with E-state index in [0.29, 0.717) is 26.1 Å². The number of thiophene rings is 1. The molecule has 1 heterocycles. The normalized spacial score (nSPS) is 23.3. The molecule has 2 rings (SSSR count). The SMILES string of the molecule is O=C(NCC1CCCC1CBr)c1cc(Cl)sc1Cl. The first-order chi connectivity index (χ1) is 8.61. The zero-order valence-electron chi connectivity index (χ0n) is 9.72. The Morgan fingerprint density at radius 3 is 2.78 bits per heavy atom. The number of carbonyl (C=O) groups excluding carboxylic acids is 1. The van der Waals surface area contributed by atoms with Gasteiger partial charge < -0.3 is 5.32 Å². The average Bonchev–Trinajstić information content (AvgIpc) is 2.92. The molecule has 0 radical (unpaired) electrons. The average molecular weight is 371 g/mol. The van der Waals surface area contributed by atoms with Crippen LogP contribution >= 0.6 is 50.5 Å². The number of halogens is 3. The molecule has 1 aliphatic rings. The van der Waals surface area contributed by atoms with Gasteiger partial charge in [-0.05, 0) is 30.7 Å². The van der Waals surface area contributed by atoms with Gasteiger partial charge in [-0.3, -0.25) is 4.79 Å². The van der Waals surface area contributed by atoms with Gasteiger partial charge in [0.2, 0.25) is 0 Å². The van der Waals surface area contributed by atoms with E-state index in [1.807, 2.05) is 0 Å². The minimum absolute atomic E-state index is 0.122. The van der Waals surface area contributed by atoms with Crippen molar-refractivity contribution in [3.8, 4) is 0 Å². The Kier molecular flexibility index (Phi) is 5.36. The molecule has 1 aliphatic carbocycles. The predicted molar refractivity (Wildman–Crippen MR) is 81.3 cm³/mol. The predicted octanol–water partition coefficient (Wildman–Crippen LogP) is 4.60. The van der Waals surface area contributed by atoms with Crippen LogP contribution < -0.4 is 5.32 Å². The fraction of sp³-hybridized carbons (Fsp3) is 0.583. The van der Waals surface area contributed by atoms with Crippen LogP contribution in [-0.4, -0.2) is 17.8 Å². The monoisotopic (exact) mass is 369 g/mol. The molecule has 100 valence electrons. The smallest absolute Gasteiger partial charge is 0.253 e. The molecule has 18 heavy (non-hydrogen) atoms. The van der Waals surface area contributed by atoms with Gasteiger partial charge in [-0.1, -0.05) is 45.6 Å². The van der Waals surface area contributed by atoms with Crippen LogP contribution in [0.4, 0.5) is 0 Å². The minimum atomic E-state index is -0.122. The van der Waals surface area contributed by atoms with Gasteiger partial charge in [0.15, 0.2) is 0 Å². The van der Waals surface area contributed by atoms with Crippen LogP contribution in [0.1, 0.15) is 29.6 Å². The number of hydrogen-bond acceptors (Lipinski definition) is 2. The van der Waals surface area contributed by atoms with E-state index in [1.165, 1.54) is 30.6 Å². The molecule has 0 aliphatic heterocycles. The highest BCUT2D eigenvalue weighted by Gasteiger charge is 2.26. The molecule has 6 heteroatoms. The first kappa shape index (κ1) is 14.6. The van der Waals surface area contributed by atoms with Crippen molar-refractivity contribution in [2.75, 3.05) is 11.9 Å². The third-order valence-electron chi connectivity index (χ3n) is 3.44. The van der Waals surface area contributed by atoms with Crippen molar-refractivity contribution < 1.29 is 4.79 Å². The summed E-state index contributed by atoms with van der Waals surface area (Å²) in [6.45, 7) is 0.721. The van der Waals surface area contributed by atoms with Gasteiger partial charge in [-0.2, -0.15) is 0 Å². The summed E-state index contributed by atoms with van der Waals surface area (Å²) in [5.41, 5.74) is 0.486. The first-order valence-corrected chi connectivity index (χ1v) is 8.60. The number of amides is 1. The van der Waals surface area contributed by atoms with Crippen molar-refractivity contribution in [1.82, 2.24) is 5.32 Å². The minimum Gasteiger partial charge on any atom is -0.352 e. The van der Waals surface area contributed by atoms with Crippen LogP contribution in [0.3, 0.4) is 0 Å². The molecule has 1 aromatic heterocycles. The summed E-state index contributed by atoms with van der Waals surface area (Å²) in [6.07, 6.45) is 3.69. The highest BCUT2D eigenvalue weighted by molar-refractivity contribution is 9.09. The number of nitrogens with one attached hydrogen (secondary N) is 1. The molecule has 1 N–H and O–H groups in total. The van der Waals surface area contributed by atoms with Crippen LogP contribution in [0.15, 0.2) is 6.07 Å². The summed E-state index contributed by atoms with van der Waals surface area (Å²) >= 11 is 16.5. The summed E-state index contributed by atoms with van der Waals surface area (Å²) in [5, 5.41) is 3.98. The van der Waals surface area contributed by atoms with Gasteiger partial charge in [0.1, 0.15) is 4.34 Å². The van der Waals surface area contributed by atoms with E-state index in [1.54, 1.807) is 6.07 Å². The van der Waals surface area contributed by atoms with Gasteiger partial charge in [-0.25, -0.2) is 0 Å². The van der Waals surface area contributed by atoms with E-state index in [9.17, 15) is 4.79 Å². The largest absolute Gasteiger partial charge is 0.352 e. The molecule has 1 amide bonds. The maximum absolute atomic E-state index is 12.0. The van der Waals surface area contributed by atoms with Crippen LogP contribution in [0.5, 0.6) is 0 Å². The molecule has 0 spiro atoms. The second kappa shape index (κ2) is 6.60. The lowest BCUT2D eigenvalue weighted by Crippen LogP contribution is -2.31. The standard InChI is InChI=1S/C12H14BrCl2NOS/c13-5-7-2-1-3-8(7)6-16-12(17)9-4-10(14)18-11(9)15/h4,7-8H,1-3,5-6H2,(H,16,17). The Bertz CT molecular complexity index is 438. The molecular weight excluding hydrogens is 357 g/mol. The Labute approximate surface area is 129 Å². The lowest BCUT2D eigenvalue weighted by atomic mass is 9.98. The van der Waals surface area contributed by atoms with Gasteiger partial charge in [0.25, 0.3) is 5.91 Å². The highest BCUT2D eigenvalue weighted by Crippen LogP contribution is 2.33. The van der Waals surface area contributed by atoms with Gasteiger partial charge in [0, 0.05) is 11.9 Å². The van der Waals surface area contributed by atoms with Crippen LogP contribution in [-0.2, 0) is 0 Å². The molecule has 2 atom stereocenters. The summed E-state index contributed by atoms with van der Waals surface area (Å²) in [5.74, 6) is 1.12. The summed E-state index contributed by atoms with van der Waals surface area (Å²) in [6, 6.07) is 1.63. The van der Waals surface area contributed by atoms with E-state index < -0.39 is 0 Å². The second-order valence-electron chi connectivity index (χ2n) is 4.55. The zero-order chi connectivity index (χ0) is 13.1. The molecule has 1 fully saturated rings. The Morgan fingerprint density at radius 1 is 1.44 bits per heavy atom. The first-order valence-electron chi connectivity index (χ1n) is 5.90. The van der Waals surface area contributed by atoms with E-state index in [4.69, 9.17) is 23.2 Å². The van der Waals surface area contributed by atoms with Crippen molar-refractivity contribution in [1.29, 1.82) is 0 Å². The number of alkyl halides is 1. The van der Waals surface area contributed by atoms with Crippen molar-refractivity contribution >= 4 is 56.4 Å². The molecule has 0 aromatic carbocycles. The van der Waals surface area contributed by atoms with E-state index in [-0.39, 0.29) is 5.91 Å². The Morgan fingerprint density at radius 2 is 2.17 bits per heavy atom. The van der Waals surface area contributed by atoms with Crippen molar-refractivity contribution in [2.45, 2.75) is 19.3 Å². The summed E-state index contributed by atoms with van der Waals surface area (Å²) < 4.78 is 1.00. The number of hydrogen-bond donors (Lipinski definition) is 1. The fourth-order valence-corrected chi connectivity index (χ4v) is 4.71. The van der Waals surface area contributed by atoms with Crippen LogP contribution in [0, 0.1) is 11.8 Å². The molecule has 0 saturated heterocycles. The van der Waals surface area contributed by atoms with Gasteiger partial charge in [-0.15, -0.1) is 11.3 Å². The highest BCUT2D eigenvalue weighted by atomic mass is 79.9. The zero-order valence-corrected chi connectivity index (χ0v) is 13.6. The topological polar surface area (TPSA) is 29.1 Å². The maximum Gasteiger partial charge on any atom is 0.253 e. The molecule has 2 unspecified atom stereocenters. The molecular formula is C12H14BrCl2NOS. The fourth-order valence-electron chi connectivity index (χ4n) is 2.40. The second-order valence-corrected chi connectivity index (χ2v) is 7.49. The van der Waals surface area contributed by atoms with Crippen molar-refractivity contribution in [3.05, 3.63) is 20.3 Å². The van der Waals surface area contributed by atoms with Crippen molar-refractivity contribution in [3.63, 3.8) is 0 Å². The quantitative estimate of drug-likeness (QED) is 0.771. The Hall–Kier alpha value is 0.230. The lowest BCUT2D eigenvalue weighted by Gasteiger charge is -2.17. The molecule has 0 bridgehead atoms. The van der Waals surface area contributed by atoms with Gasteiger partial charge >= 0.3 is 0 Å². The number of carbonyl (C=O) groups is 1. The maximum atomic E-state index is 12.0. The van der Waals surface area contributed by atoms with Gasteiger partial charge in [0.05, 0.1) is 9.90 Å². The summed E-state index contributed by atoms with van der Waals surface area (Å²) in [4.78, 5) is 12.0. The third kappa shape index (κ3) is 3.41. The molecule has 2 nitrogen and oxygen atoms in total. The van der Waals surface area contributed by atoms with Crippen molar-refractivity contribution in [2.24, 2.45) is 11.8 Å². The number of rotatable bonds is 4. The molecule has 1 saturated carbocycles. The summed E-state index contributed by atoms with van der Waals surface area (Å²) in [7, 11) is 0. The van der Waals surface area contributed by atoms with Crippen LogP contribution in [0.25, 0.3) is 0 Å². The molecule has 1 aromatic rings. The van der Waals surface area contributed by atoms with E-state index in [2.05, 4.69) is 21.2 Å². The van der Waals surface area contributed by atoms with E-state index >= 15 is 0 Å². The lowest BCUT2D eigenvalue weighted by molar-refractivity contribution is 0.0945. The third-order valence-corrected chi connectivity index (χ3v) is 5.76. The van der Waals surface area contributed by atoms with Crippen LogP contribution in [0.2, 0.25) is 8.67 Å². The van der Waals surface area contributed by atoms with E-state index in [0.717, 1.165) is 11.9 Å².